The molecule has 0 aliphatic heterocycles. The van der Waals surface area contributed by atoms with Crippen LogP contribution in [-0.4, -0.2) is 33.2 Å². The molecule has 1 heterocycles. The van der Waals surface area contributed by atoms with Gasteiger partial charge in [0.15, 0.2) is 0 Å². The van der Waals surface area contributed by atoms with Gasteiger partial charge in [0.25, 0.3) is 0 Å². The normalized spacial score (nSPS) is 11.9. The van der Waals surface area contributed by atoms with Crippen LogP contribution in [0, 0.1) is 0 Å². The van der Waals surface area contributed by atoms with Crippen LogP contribution in [0.3, 0.4) is 0 Å². The zero-order valence-corrected chi connectivity index (χ0v) is 11.0. The number of nitrogens with one attached hydrogen (secondary N) is 1. The quantitative estimate of drug-likeness (QED) is 0.671. The van der Waals surface area contributed by atoms with Gasteiger partial charge in [0.2, 0.25) is 10.0 Å². The van der Waals surface area contributed by atoms with E-state index in [1.165, 1.54) is 7.11 Å². The maximum absolute atomic E-state index is 11.9. The van der Waals surface area contributed by atoms with E-state index >= 15 is 0 Å². The van der Waals surface area contributed by atoms with Gasteiger partial charge in [-0.3, -0.25) is 0 Å². The van der Waals surface area contributed by atoms with Crippen molar-refractivity contribution in [3.05, 3.63) is 18.0 Å². The topological polar surface area (TPSA) is 86.3 Å². The molecule has 7 heteroatoms. The summed E-state index contributed by atoms with van der Waals surface area (Å²) >= 11 is 0. The Morgan fingerprint density at radius 2 is 2.24 bits per heavy atom. The fourth-order valence-electron chi connectivity index (χ4n) is 1.50. The highest BCUT2D eigenvalue weighted by Gasteiger charge is 2.16. The Kier molecular flexibility index (Phi) is 5.13. The molecule has 0 fully saturated rings. The first-order chi connectivity index (χ1) is 8.05. The van der Waals surface area contributed by atoms with E-state index in [0.29, 0.717) is 19.7 Å². The molecule has 1 rings (SSSR count). The van der Waals surface area contributed by atoms with Crippen molar-refractivity contribution in [1.82, 2.24) is 9.29 Å². The van der Waals surface area contributed by atoms with E-state index in [1.807, 2.05) is 11.5 Å². The van der Waals surface area contributed by atoms with Gasteiger partial charge in [0.05, 0.1) is 11.5 Å². The molecule has 0 spiro atoms. The molecule has 98 valence electrons. The molecule has 0 aliphatic carbocycles. The van der Waals surface area contributed by atoms with E-state index in [4.69, 9.17) is 10.5 Å². The Morgan fingerprint density at radius 1 is 1.53 bits per heavy atom. The second kappa shape index (κ2) is 6.15. The Hall–Kier alpha value is -0.890. The van der Waals surface area contributed by atoms with Gasteiger partial charge in [0.1, 0.15) is 0 Å². The first-order valence-electron chi connectivity index (χ1n) is 5.43. The zero-order valence-electron chi connectivity index (χ0n) is 10.1. The van der Waals surface area contributed by atoms with Crippen molar-refractivity contribution in [1.29, 1.82) is 0 Å². The number of hydrogen-bond acceptors (Lipinski definition) is 4. The van der Waals surface area contributed by atoms with Crippen LogP contribution in [-0.2, 0) is 27.8 Å². The molecule has 1 aromatic heterocycles. The minimum absolute atomic E-state index is 0.246. The van der Waals surface area contributed by atoms with E-state index in [2.05, 4.69) is 4.72 Å². The summed E-state index contributed by atoms with van der Waals surface area (Å²) in [6.45, 7) is 3.56. The van der Waals surface area contributed by atoms with Crippen molar-refractivity contribution in [3.8, 4) is 0 Å². The van der Waals surface area contributed by atoms with Gasteiger partial charge in [-0.15, -0.1) is 0 Å². The highest BCUT2D eigenvalue weighted by Crippen LogP contribution is 2.13. The fraction of sp³-hybridized carbons (Fsp3) is 0.600. The van der Waals surface area contributed by atoms with Crippen molar-refractivity contribution >= 4 is 10.0 Å². The molecule has 6 nitrogen and oxygen atoms in total. The number of aryl methyl sites for hydroxylation is 1. The van der Waals surface area contributed by atoms with E-state index in [0.717, 1.165) is 5.69 Å². The highest BCUT2D eigenvalue weighted by molar-refractivity contribution is 7.89. The predicted octanol–water partition coefficient (Wildman–Crippen LogP) is -0.109. The van der Waals surface area contributed by atoms with Gasteiger partial charge in [-0.2, -0.15) is 0 Å². The summed E-state index contributed by atoms with van der Waals surface area (Å²) < 4.78 is 32.8. The van der Waals surface area contributed by atoms with Gasteiger partial charge in [0, 0.05) is 38.6 Å². The minimum atomic E-state index is -3.46. The summed E-state index contributed by atoms with van der Waals surface area (Å²) in [5.74, 6) is 0. The van der Waals surface area contributed by atoms with Crippen LogP contribution >= 0.6 is 0 Å². The Labute approximate surface area is 102 Å². The maximum Gasteiger partial charge on any atom is 0.242 e. The van der Waals surface area contributed by atoms with Crippen molar-refractivity contribution in [2.45, 2.75) is 24.9 Å². The number of rotatable bonds is 7. The zero-order chi connectivity index (χ0) is 12.9. The van der Waals surface area contributed by atoms with E-state index < -0.39 is 10.0 Å². The summed E-state index contributed by atoms with van der Waals surface area (Å²) in [4.78, 5) is 0.246. The van der Waals surface area contributed by atoms with Gasteiger partial charge in [-0.05, 0) is 13.0 Å². The van der Waals surface area contributed by atoms with Gasteiger partial charge in [-0.25, -0.2) is 13.1 Å². The van der Waals surface area contributed by atoms with Crippen LogP contribution in [0.25, 0.3) is 0 Å². The maximum atomic E-state index is 11.9. The van der Waals surface area contributed by atoms with Crippen molar-refractivity contribution in [3.63, 3.8) is 0 Å². The average molecular weight is 261 g/mol. The SMILES string of the molecule is CCn1cc(S(=O)(=O)NCCOC)cc1CN. The molecule has 3 N–H and O–H groups in total. The summed E-state index contributed by atoms with van der Waals surface area (Å²) in [5, 5.41) is 0. The van der Waals surface area contributed by atoms with Gasteiger partial charge < -0.3 is 15.0 Å². The molecule has 0 unspecified atom stereocenters. The molecule has 0 aliphatic rings. The minimum Gasteiger partial charge on any atom is -0.383 e. The van der Waals surface area contributed by atoms with Gasteiger partial charge >= 0.3 is 0 Å². The second-order valence-electron chi connectivity index (χ2n) is 3.55. The largest absolute Gasteiger partial charge is 0.383 e. The third kappa shape index (κ3) is 3.53. The van der Waals surface area contributed by atoms with Crippen molar-refractivity contribution < 1.29 is 13.2 Å². The lowest BCUT2D eigenvalue weighted by atomic mass is 10.4. The number of sulfonamides is 1. The molecular weight excluding hydrogens is 242 g/mol. The number of nitrogens with zero attached hydrogens (tertiary/aromatic N) is 1. The third-order valence-corrected chi connectivity index (χ3v) is 3.85. The Morgan fingerprint density at radius 3 is 2.71 bits per heavy atom. The third-order valence-electron chi connectivity index (χ3n) is 2.42. The molecule has 1 aromatic rings. The fourth-order valence-corrected chi connectivity index (χ4v) is 2.58. The van der Waals surface area contributed by atoms with Gasteiger partial charge in [-0.1, -0.05) is 0 Å². The summed E-state index contributed by atoms with van der Waals surface area (Å²) in [6, 6.07) is 1.60. The predicted molar refractivity (Wildman–Crippen MR) is 65.1 cm³/mol. The molecule has 0 saturated carbocycles. The lowest BCUT2D eigenvalue weighted by molar-refractivity contribution is 0.204. The number of ether oxygens (including phenoxy) is 1. The number of hydrogen-bond donors (Lipinski definition) is 2. The van der Waals surface area contributed by atoms with Crippen LogP contribution in [0.2, 0.25) is 0 Å². The summed E-state index contributed by atoms with van der Waals surface area (Å²) in [7, 11) is -1.94. The Bertz CT molecular complexity index is 432. The monoisotopic (exact) mass is 261 g/mol. The smallest absolute Gasteiger partial charge is 0.242 e. The molecule has 0 aromatic carbocycles. The molecule has 0 bridgehead atoms. The van der Waals surface area contributed by atoms with Crippen LogP contribution < -0.4 is 10.5 Å². The molecule has 0 amide bonds. The molecular formula is C10H19N3O3S. The number of methoxy groups -OCH3 is 1. The van der Waals surface area contributed by atoms with Crippen LogP contribution in [0.1, 0.15) is 12.6 Å². The standard InChI is InChI=1S/C10H19N3O3S/c1-3-13-8-10(6-9(13)7-11)17(14,15)12-4-5-16-2/h6,8,12H,3-5,7,11H2,1-2H3. The van der Waals surface area contributed by atoms with E-state index in [1.54, 1.807) is 12.3 Å². The first-order valence-corrected chi connectivity index (χ1v) is 6.91. The lowest BCUT2D eigenvalue weighted by Gasteiger charge is -2.03. The molecule has 0 atom stereocenters. The van der Waals surface area contributed by atoms with Crippen molar-refractivity contribution in [2.75, 3.05) is 20.3 Å². The summed E-state index contributed by atoms with van der Waals surface area (Å²) in [6.07, 6.45) is 1.59. The Balaban J connectivity index is 2.87. The van der Waals surface area contributed by atoms with Crippen LogP contribution in [0.15, 0.2) is 17.2 Å². The summed E-state index contributed by atoms with van der Waals surface area (Å²) in [5.41, 5.74) is 6.35. The highest BCUT2D eigenvalue weighted by atomic mass is 32.2. The molecule has 17 heavy (non-hydrogen) atoms. The van der Waals surface area contributed by atoms with Crippen molar-refractivity contribution in [2.24, 2.45) is 5.73 Å². The van der Waals surface area contributed by atoms with E-state index in [9.17, 15) is 8.42 Å². The second-order valence-corrected chi connectivity index (χ2v) is 5.31. The first kappa shape index (κ1) is 14.2. The molecule has 0 saturated heterocycles. The van der Waals surface area contributed by atoms with Crippen LogP contribution in [0.5, 0.6) is 0 Å². The van der Waals surface area contributed by atoms with E-state index in [-0.39, 0.29) is 11.4 Å². The number of aromatic nitrogens is 1. The number of nitrogens with two attached hydrogens (primary N) is 1. The average Bonchev–Trinajstić information content (AvgIpc) is 2.73. The lowest BCUT2D eigenvalue weighted by Crippen LogP contribution is -2.26. The van der Waals surface area contributed by atoms with Crippen LogP contribution in [0.4, 0.5) is 0 Å². The molecule has 0 radical (unpaired) electrons.